The summed E-state index contributed by atoms with van der Waals surface area (Å²) in [4.78, 5) is 25.6. The van der Waals surface area contributed by atoms with Gasteiger partial charge in [-0.3, -0.25) is 4.79 Å². The van der Waals surface area contributed by atoms with E-state index in [0.29, 0.717) is 5.69 Å². The van der Waals surface area contributed by atoms with E-state index in [9.17, 15) is 9.59 Å². The molecule has 1 aromatic heterocycles. The molecule has 1 amide bonds. The van der Waals surface area contributed by atoms with Gasteiger partial charge in [0.15, 0.2) is 6.10 Å². The fourth-order valence-corrected chi connectivity index (χ4v) is 1.75. The molecule has 0 aliphatic heterocycles. The fraction of sp³-hybridized carbons (Fsp3) is 0.231. The van der Waals surface area contributed by atoms with Gasteiger partial charge < -0.3 is 20.1 Å². The van der Waals surface area contributed by atoms with Gasteiger partial charge >= 0.3 is 5.97 Å². The topological polar surface area (TPSA) is 91.4 Å². The number of ether oxygens (including phenoxy) is 1. The molecule has 6 nitrogen and oxygen atoms in total. The number of aliphatic carboxylic acids is 1. The van der Waals surface area contributed by atoms with Gasteiger partial charge in [-0.25, -0.2) is 4.79 Å². The normalized spacial score (nSPS) is 12.3. The van der Waals surface area contributed by atoms with Gasteiger partial charge in [-0.2, -0.15) is 0 Å². The maximum atomic E-state index is 11.9. The minimum absolute atomic E-state index is 0.0833. The summed E-state index contributed by atoms with van der Waals surface area (Å²) in [5.41, 5.74) is 1.25. The third-order valence-corrected chi connectivity index (χ3v) is 2.78. The number of para-hydroxylation sites is 1. The van der Waals surface area contributed by atoms with Crippen molar-refractivity contribution in [3.63, 3.8) is 0 Å². The summed E-state index contributed by atoms with van der Waals surface area (Å²) >= 11 is 0. The first kappa shape index (κ1) is 13.1. The minimum Gasteiger partial charge on any atom is -0.479 e. The second-order valence-electron chi connectivity index (χ2n) is 4.04. The van der Waals surface area contributed by atoms with Crippen LogP contribution < -0.4 is 5.32 Å². The number of aromatic nitrogens is 1. The van der Waals surface area contributed by atoms with Crippen molar-refractivity contribution in [2.45, 2.75) is 6.10 Å². The Morgan fingerprint density at radius 2 is 2.16 bits per heavy atom. The molecule has 1 atom stereocenters. The summed E-state index contributed by atoms with van der Waals surface area (Å²) in [6, 6.07) is 9.21. The van der Waals surface area contributed by atoms with Gasteiger partial charge in [-0.15, -0.1) is 0 Å². The summed E-state index contributed by atoms with van der Waals surface area (Å²) in [7, 11) is 1.29. The van der Waals surface area contributed by atoms with E-state index in [4.69, 9.17) is 9.84 Å². The monoisotopic (exact) mass is 262 g/mol. The number of hydrogen-bond donors (Lipinski definition) is 3. The van der Waals surface area contributed by atoms with Gasteiger partial charge in [-0.05, 0) is 12.1 Å². The highest BCUT2D eigenvalue weighted by molar-refractivity contribution is 5.98. The molecule has 0 bridgehead atoms. The SMILES string of the molecule is COC(CNC(=O)c1cc2ccccc2[nH]1)C(=O)O. The molecular weight excluding hydrogens is 248 g/mol. The second kappa shape index (κ2) is 5.53. The lowest BCUT2D eigenvalue weighted by atomic mass is 10.2. The van der Waals surface area contributed by atoms with E-state index in [1.165, 1.54) is 7.11 Å². The Labute approximate surface area is 109 Å². The number of amides is 1. The predicted molar refractivity (Wildman–Crippen MR) is 69.1 cm³/mol. The van der Waals surface area contributed by atoms with Crippen molar-refractivity contribution in [3.05, 3.63) is 36.0 Å². The quantitative estimate of drug-likeness (QED) is 0.749. The van der Waals surface area contributed by atoms with E-state index >= 15 is 0 Å². The average Bonchev–Trinajstić information content (AvgIpc) is 2.82. The first-order valence-corrected chi connectivity index (χ1v) is 5.73. The van der Waals surface area contributed by atoms with Gasteiger partial charge in [0.2, 0.25) is 0 Å². The molecule has 0 aliphatic rings. The summed E-state index contributed by atoms with van der Waals surface area (Å²) in [6.07, 6.45) is -1.05. The van der Waals surface area contributed by atoms with E-state index in [1.54, 1.807) is 6.07 Å². The second-order valence-corrected chi connectivity index (χ2v) is 4.04. The number of aromatic amines is 1. The van der Waals surface area contributed by atoms with Crippen LogP contribution in [0.1, 0.15) is 10.5 Å². The lowest BCUT2D eigenvalue weighted by molar-refractivity contribution is -0.148. The molecule has 19 heavy (non-hydrogen) atoms. The molecule has 1 heterocycles. The standard InChI is InChI=1S/C13H14N2O4/c1-19-11(13(17)18)7-14-12(16)10-6-8-4-2-3-5-9(8)15-10/h2-6,11,15H,7H2,1H3,(H,14,16)(H,17,18). The zero-order valence-electron chi connectivity index (χ0n) is 10.3. The molecule has 0 saturated carbocycles. The number of fused-ring (bicyclic) bond motifs is 1. The molecule has 2 aromatic rings. The highest BCUT2D eigenvalue weighted by Crippen LogP contribution is 2.14. The van der Waals surface area contributed by atoms with Gasteiger partial charge in [0.05, 0.1) is 6.54 Å². The van der Waals surface area contributed by atoms with E-state index in [0.717, 1.165) is 10.9 Å². The molecule has 0 fully saturated rings. The Hall–Kier alpha value is -2.34. The van der Waals surface area contributed by atoms with Gasteiger partial charge in [-0.1, -0.05) is 18.2 Å². The molecule has 0 saturated heterocycles. The molecular formula is C13H14N2O4. The highest BCUT2D eigenvalue weighted by Gasteiger charge is 2.18. The zero-order valence-corrected chi connectivity index (χ0v) is 10.3. The van der Waals surface area contributed by atoms with Gasteiger partial charge in [0, 0.05) is 18.0 Å². The maximum absolute atomic E-state index is 11.9. The molecule has 1 aromatic carbocycles. The van der Waals surface area contributed by atoms with Crippen LogP contribution in [0.3, 0.4) is 0 Å². The number of H-pyrrole nitrogens is 1. The lowest BCUT2D eigenvalue weighted by Crippen LogP contribution is -2.37. The third kappa shape index (κ3) is 2.92. The van der Waals surface area contributed by atoms with Crippen molar-refractivity contribution in [1.82, 2.24) is 10.3 Å². The number of hydrogen-bond acceptors (Lipinski definition) is 3. The summed E-state index contributed by atoms with van der Waals surface area (Å²) in [5.74, 6) is -1.47. The number of nitrogens with one attached hydrogen (secondary N) is 2. The van der Waals surface area contributed by atoms with Crippen LogP contribution in [-0.2, 0) is 9.53 Å². The lowest BCUT2D eigenvalue weighted by Gasteiger charge is -2.10. The number of benzene rings is 1. The van der Waals surface area contributed by atoms with E-state index < -0.39 is 12.1 Å². The van der Waals surface area contributed by atoms with E-state index in [-0.39, 0.29) is 12.5 Å². The maximum Gasteiger partial charge on any atom is 0.334 e. The molecule has 0 aliphatic carbocycles. The summed E-state index contributed by atoms with van der Waals surface area (Å²) in [6.45, 7) is -0.0833. The Kier molecular flexibility index (Phi) is 3.82. The largest absolute Gasteiger partial charge is 0.479 e. The Bertz CT molecular complexity index is 572. The van der Waals surface area contributed by atoms with Gasteiger partial charge in [0.25, 0.3) is 5.91 Å². The van der Waals surface area contributed by atoms with Crippen molar-refractivity contribution in [2.24, 2.45) is 0 Å². The fourth-order valence-electron chi connectivity index (χ4n) is 1.75. The molecule has 6 heteroatoms. The number of rotatable bonds is 5. The molecule has 100 valence electrons. The first-order chi connectivity index (χ1) is 9.11. The molecule has 1 unspecified atom stereocenters. The van der Waals surface area contributed by atoms with Crippen molar-refractivity contribution in [3.8, 4) is 0 Å². The van der Waals surface area contributed by atoms with E-state index in [1.807, 2.05) is 24.3 Å². The zero-order chi connectivity index (χ0) is 13.8. The molecule has 2 rings (SSSR count). The summed E-state index contributed by atoms with van der Waals surface area (Å²) in [5, 5.41) is 12.2. The van der Waals surface area contributed by atoms with Crippen LogP contribution >= 0.6 is 0 Å². The number of carboxylic acids is 1. The van der Waals surface area contributed by atoms with Crippen LogP contribution in [-0.4, -0.2) is 41.7 Å². The average molecular weight is 262 g/mol. The highest BCUT2D eigenvalue weighted by atomic mass is 16.5. The van der Waals surface area contributed by atoms with Crippen LogP contribution in [0, 0.1) is 0 Å². The minimum atomic E-state index is -1.11. The smallest absolute Gasteiger partial charge is 0.334 e. The van der Waals surface area contributed by atoms with Crippen molar-refractivity contribution in [1.29, 1.82) is 0 Å². The van der Waals surface area contributed by atoms with Crippen molar-refractivity contribution >= 4 is 22.8 Å². The van der Waals surface area contributed by atoms with Crippen LogP contribution in [0.25, 0.3) is 10.9 Å². The van der Waals surface area contributed by atoms with Gasteiger partial charge in [0.1, 0.15) is 5.69 Å². The molecule has 3 N–H and O–H groups in total. The Morgan fingerprint density at radius 1 is 1.42 bits per heavy atom. The van der Waals surface area contributed by atoms with Crippen LogP contribution in [0.2, 0.25) is 0 Å². The number of methoxy groups -OCH3 is 1. The van der Waals surface area contributed by atoms with Crippen LogP contribution in [0.15, 0.2) is 30.3 Å². The summed E-state index contributed by atoms with van der Waals surface area (Å²) < 4.78 is 4.73. The predicted octanol–water partition coefficient (Wildman–Crippen LogP) is 0.997. The van der Waals surface area contributed by atoms with Crippen molar-refractivity contribution < 1.29 is 19.4 Å². The van der Waals surface area contributed by atoms with E-state index in [2.05, 4.69) is 10.3 Å². The third-order valence-electron chi connectivity index (χ3n) is 2.78. The molecule has 0 radical (unpaired) electrons. The first-order valence-electron chi connectivity index (χ1n) is 5.73. The Morgan fingerprint density at radius 3 is 2.79 bits per heavy atom. The van der Waals surface area contributed by atoms with Crippen LogP contribution in [0.5, 0.6) is 0 Å². The molecule has 0 spiro atoms. The van der Waals surface area contributed by atoms with Crippen molar-refractivity contribution in [2.75, 3.05) is 13.7 Å². The number of carboxylic acid groups (broad SMARTS) is 1. The van der Waals surface area contributed by atoms with Crippen LogP contribution in [0.4, 0.5) is 0 Å². The number of carbonyl (C=O) groups is 2. The Balaban J connectivity index is 2.05. The number of carbonyl (C=O) groups excluding carboxylic acids is 1.